The van der Waals surface area contributed by atoms with Crippen molar-refractivity contribution < 1.29 is 23.8 Å². The average Bonchev–Trinajstić information content (AvgIpc) is 3.02. The van der Waals surface area contributed by atoms with Crippen LogP contribution in [0.15, 0.2) is 41.3 Å². The molecule has 0 saturated carbocycles. The Morgan fingerprint density at radius 1 is 1.23 bits per heavy atom. The van der Waals surface area contributed by atoms with Crippen LogP contribution in [0.1, 0.15) is 12.5 Å². The molecule has 2 aromatic carbocycles. The van der Waals surface area contributed by atoms with E-state index in [9.17, 15) is 9.59 Å². The summed E-state index contributed by atoms with van der Waals surface area (Å²) in [6.45, 7) is 1.67. The monoisotopic (exact) mass is 497 g/mol. The fourth-order valence-electron chi connectivity index (χ4n) is 2.75. The van der Waals surface area contributed by atoms with Gasteiger partial charge in [-0.25, -0.2) is 4.79 Å². The molecule has 1 fully saturated rings. The Labute approximate surface area is 199 Å². The standard InChI is InChI=1S/C21H17Cl2NO5S2/c1-3-28-18(25)11-29-19-12(5-4-6-16(19)27-2)9-17-20(26)24(21(30)31-17)13-7-8-14(22)15(23)10-13/h4-10H,3,11H2,1-2H3/b17-9+. The number of benzene rings is 2. The first-order chi connectivity index (χ1) is 14.8. The maximum absolute atomic E-state index is 13.1. The van der Waals surface area contributed by atoms with E-state index in [1.807, 2.05) is 0 Å². The molecule has 3 rings (SSSR count). The van der Waals surface area contributed by atoms with Crippen LogP contribution in [0.25, 0.3) is 6.08 Å². The lowest BCUT2D eigenvalue weighted by atomic mass is 10.1. The number of amides is 1. The Morgan fingerprint density at radius 3 is 2.68 bits per heavy atom. The van der Waals surface area contributed by atoms with Gasteiger partial charge in [0.15, 0.2) is 22.4 Å². The van der Waals surface area contributed by atoms with Gasteiger partial charge in [-0.05, 0) is 37.3 Å². The van der Waals surface area contributed by atoms with E-state index in [1.54, 1.807) is 49.4 Å². The van der Waals surface area contributed by atoms with E-state index in [0.29, 0.717) is 42.0 Å². The van der Waals surface area contributed by atoms with E-state index < -0.39 is 5.97 Å². The summed E-state index contributed by atoms with van der Waals surface area (Å²) in [5.41, 5.74) is 1.07. The smallest absolute Gasteiger partial charge is 0.344 e. The van der Waals surface area contributed by atoms with Crippen LogP contribution < -0.4 is 14.4 Å². The van der Waals surface area contributed by atoms with Crippen molar-refractivity contribution in [2.24, 2.45) is 0 Å². The largest absolute Gasteiger partial charge is 0.493 e. The van der Waals surface area contributed by atoms with Crippen LogP contribution in [0.5, 0.6) is 11.5 Å². The van der Waals surface area contributed by atoms with Crippen LogP contribution in [0.2, 0.25) is 10.0 Å². The van der Waals surface area contributed by atoms with Crippen molar-refractivity contribution >= 4 is 75.1 Å². The summed E-state index contributed by atoms with van der Waals surface area (Å²) in [5, 5.41) is 0.700. The maximum atomic E-state index is 13.1. The minimum atomic E-state index is -0.509. The third kappa shape index (κ3) is 5.33. The first-order valence-corrected chi connectivity index (χ1v) is 11.0. The maximum Gasteiger partial charge on any atom is 0.344 e. The number of anilines is 1. The number of rotatable bonds is 7. The molecule has 0 bridgehead atoms. The minimum Gasteiger partial charge on any atom is -0.493 e. The number of nitrogens with zero attached hydrogens (tertiary/aromatic N) is 1. The molecule has 10 heteroatoms. The number of hydrogen-bond donors (Lipinski definition) is 0. The Bertz CT molecular complexity index is 1070. The molecule has 0 N–H and O–H groups in total. The van der Waals surface area contributed by atoms with Gasteiger partial charge in [0.05, 0.1) is 34.4 Å². The number of halogens is 2. The van der Waals surface area contributed by atoms with Crippen molar-refractivity contribution in [3.8, 4) is 11.5 Å². The van der Waals surface area contributed by atoms with Gasteiger partial charge in [0.2, 0.25) is 0 Å². The van der Waals surface area contributed by atoms with Crippen molar-refractivity contribution in [1.82, 2.24) is 0 Å². The zero-order valence-electron chi connectivity index (χ0n) is 16.5. The van der Waals surface area contributed by atoms with Gasteiger partial charge < -0.3 is 14.2 Å². The van der Waals surface area contributed by atoms with Crippen LogP contribution in [-0.4, -0.2) is 36.5 Å². The highest BCUT2D eigenvalue weighted by Crippen LogP contribution is 2.40. The zero-order valence-corrected chi connectivity index (χ0v) is 19.7. The summed E-state index contributed by atoms with van der Waals surface area (Å²) in [6.07, 6.45) is 1.64. The zero-order chi connectivity index (χ0) is 22.5. The first kappa shape index (κ1) is 23.4. The van der Waals surface area contributed by atoms with Gasteiger partial charge in [-0.15, -0.1) is 0 Å². The highest BCUT2D eigenvalue weighted by molar-refractivity contribution is 8.27. The first-order valence-electron chi connectivity index (χ1n) is 9.04. The number of carbonyl (C=O) groups is 2. The van der Waals surface area contributed by atoms with Gasteiger partial charge in [-0.3, -0.25) is 9.69 Å². The molecule has 1 heterocycles. The lowest BCUT2D eigenvalue weighted by Gasteiger charge is -2.15. The summed E-state index contributed by atoms with van der Waals surface area (Å²) in [5.74, 6) is -0.0892. The van der Waals surface area contributed by atoms with E-state index >= 15 is 0 Å². The number of ether oxygens (including phenoxy) is 3. The molecule has 0 aliphatic carbocycles. The molecule has 0 spiro atoms. The van der Waals surface area contributed by atoms with E-state index in [-0.39, 0.29) is 19.1 Å². The second kappa shape index (κ2) is 10.4. The van der Waals surface area contributed by atoms with Crippen LogP contribution in [0, 0.1) is 0 Å². The van der Waals surface area contributed by atoms with Crippen molar-refractivity contribution in [3.05, 3.63) is 56.9 Å². The number of methoxy groups -OCH3 is 1. The highest BCUT2D eigenvalue weighted by Gasteiger charge is 2.34. The number of thiocarbonyl (C=S) groups is 1. The molecule has 162 valence electrons. The lowest BCUT2D eigenvalue weighted by Crippen LogP contribution is -2.27. The molecule has 2 aromatic rings. The van der Waals surface area contributed by atoms with E-state index in [4.69, 9.17) is 49.6 Å². The van der Waals surface area contributed by atoms with Crippen LogP contribution in [0.4, 0.5) is 5.69 Å². The molecule has 1 aliphatic heterocycles. The normalized spacial score (nSPS) is 14.8. The molecule has 1 aliphatic rings. The molecule has 0 unspecified atom stereocenters. The quantitative estimate of drug-likeness (QED) is 0.290. The van der Waals surface area contributed by atoms with Gasteiger partial charge in [-0.2, -0.15) is 0 Å². The predicted molar refractivity (Wildman–Crippen MR) is 127 cm³/mol. The van der Waals surface area contributed by atoms with E-state index in [1.165, 1.54) is 12.0 Å². The van der Waals surface area contributed by atoms with Crippen molar-refractivity contribution in [2.45, 2.75) is 6.92 Å². The molecular weight excluding hydrogens is 481 g/mol. The third-order valence-electron chi connectivity index (χ3n) is 4.11. The van der Waals surface area contributed by atoms with E-state index in [0.717, 1.165) is 11.8 Å². The van der Waals surface area contributed by atoms with Gasteiger partial charge in [0.1, 0.15) is 0 Å². The average molecular weight is 498 g/mol. The number of esters is 1. The van der Waals surface area contributed by atoms with Crippen molar-refractivity contribution in [1.29, 1.82) is 0 Å². The molecule has 0 aromatic heterocycles. The highest BCUT2D eigenvalue weighted by atomic mass is 35.5. The van der Waals surface area contributed by atoms with Crippen LogP contribution in [0.3, 0.4) is 0 Å². The summed E-state index contributed by atoms with van der Waals surface area (Å²) in [4.78, 5) is 26.5. The summed E-state index contributed by atoms with van der Waals surface area (Å²) < 4.78 is 16.2. The molecule has 0 radical (unpaired) electrons. The van der Waals surface area contributed by atoms with Gasteiger partial charge in [-0.1, -0.05) is 59.3 Å². The topological polar surface area (TPSA) is 65.1 Å². The summed E-state index contributed by atoms with van der Waals surface area (Å²) >= 11 is 18.6. The second-order valence-corrected chi connectivity index (χ2v) is 8.58. The van der Waals surface area contributed by atoms with Crippen molar-refractivity contribution in [2.75, 3.05) is 25.2 Å². The predicted octanol–water partition coefficient (Wildman–Crippen LogP) is 5.35. The molecule has 1 saturated heterocycles. The van der Waals surface area contributed by atoms with Gasteiger partial charge in [0, 0.05) is 5.56 Å². The molecule has 1 amide bonds. The molecule has 0 atom stereocenters. The minimum absolute atomic E-state index is 0.248. The SMILES string of the molecule is CCOC(=O)COc1c(/C=C2/SC(=S)N(c3ccc(Cl)c(Cl)c3)C2=O)cccc1OC. The fourth-order valence-corrected chi connectivity index (χ4v) is 4.33. The molecule has 31 heavy (non-hydrogen) atoms. The van der Waals surface area contributed by atoms with Gasteiger partial charge >= 0.3 is 5.97 Å². The van der Waals surface area contributed by atoms with Crippen molar-refractivity contribution in [3.63, 3.8) is 0 Å². The molecular formula is C21H17Cl2NO5S2. The van der Waals surface area contributed by atoms with Crippen LogP contribution >= 0.6 is 47.2 Å². The number of hydrogen-bond acceptors (Lipinski definition) is 7. The summed E-state index contributed by atoms with van der Waals surface area (Å²) in [7, 11) is 1.49. The summed E-state index contributed by atoms with van der Waals surface area (Å²) in [6, 6.07) is 10.0. The Balaban J connectivity index is 1.92. The Hall–Kier alpha value is -2.26. The number of para-hydroxylation sites is 1. The second-order valence-electron chi connectivity index (χ2n) is 6.09. The number of thioether (sulfide) groups is 1. The number of carbonyl (C=O) groups excluding carboxylic acids is 2. The van der Waals surface area contributed by atoms with Gasteiger partial charge in [0.25, 0.3) is 5.91 Å². The molecule has 6 nitrogen and oxygen atoms in total. The lowest BCUT2D eigenvalue weighted by molar-refractivity contribution is -0.145. The van der Waals surface area contributed by atoms with Crippen LogP contribution in [-0.2, 0) is 14.3 Å². The third-order valence-corrected chi connectivity index (χ3v) is 6.15. The fraction of sp³-hybridized carbons (Fsp3) is 0.190. The Kier molecular flexibility index (Phi) is 7.83. The Morgan fingerprint density at radius 2 is 2.00 bits per heavy atom. The van der Waals surface area contributed by atoms with E-state index in [2.05, 4.69) is 0 Å².